The Morgan fingerprint density at radius 1 is 1.07 bits per heavy atom. The maximum atomic E-state index is 11.8. The number of likely N-dealkylation sites (N-methyl/N-ethyl adjacent to an activating group) is 1. The molecule has 6 nitrogen and oxygen atoms in total. The summed E-state index contributed by atoms with van der Waals surface area (Å²) in [6, 6.07) is 8.74. The van der Waals surface area contributed by atoms with Crippen LogP contribution in [0.1, 0.15) is 43.7 Å². The molecule has 0 radical (unpaired) electrons. The second-order valence-corrected chi connectivity index (χ2v) is 7.39. The van der Waals surface area contributed by atoms with Gasteiger partial charge in [-0.2, -0.15) is 0 Å². The van der Waals surface area contributed by atoms with Crippen molar-refractivity contribution in [3.8, 4) is 0 Å². The van der Waals surface area contributed by atoms with Crippen LogP contribution in [0, 0.1) is 0 Å². The minimum Gasteiger partial charge on any atom is -0.356 e. The van der Waals surface area contributed by atoms with Gasteiger partial charge in [0.05, 0.1) is 13.1 Å². The molecule has 0 bridgehead atoms. The number of carbonyl (C=O) groups excluding carboxylic acids is 1. The fourth-order valence-electron chi connectivity index (χ4n) is 3.03. The van der Waals surface area contributed by atoms with E-state index in [0.717, 1.165) is 19.5 Å². The number of rotatable bonds is 8. The van der Waals surface area contributed by atoms with Gasteiger partial charge in [-0.05, 0) is 43.5 Å². The van der Waals surface area contributed by atoms with E-state index >= 15 is 0 Å². The van der Waals surface area contributed by atoms with Crippen LogP contribution in [0.15, 0.2) is 29.3 Å². The smallest absolute Gasteiger partial charge is 0.241 e. The molecule has 1 aliphatic heterocycles. The van der Waals surface area contributed by atoms with Gasteiger partial charge in [-0.3, -0.25) is 9.69 Å². The second kappa shape index (κ2) is 11.6. The summed E-state index contributed by atoms with van der Waals surface area (Å²) < 4.78 is 0. The van der Waals surface area contributed by atoms with Crippen molar-refractivity contribution in [2.24, 2.45) is 4.99 Å². The lowest BCUT2D eigenvalue weighted by Crippen LogP contribution is -2.43. The predicted molar refractivity (Wildman–Crippen MR) is 112 cm³/mol. The van der Waals surface area contributed by atoms with Crippen LogP contribution in [0.3, 0.4) is 0 Å². The summed E-state index contributed by atoms with van der Waals surface area (Å²) >= 11 is 0. The first-order valence-corrected chi connectivity index (χ1v) is 10.1. The number of hydrogen-bond donors (Lipinski definition) is 2. The van der Waals surface area contributed by atoms with E-state index in [2.05, 4.69) is 51.7 Å². The lowest BCUT2D eigenvalue weighted by atomic mass is 10.1. The van der Waals surface area contributed by atoms with Crippen molar-refractivity contribution in [2.75, 3.05) is 40.3 Å². The zero-order chi connectivity index (χ0) is 19.5. The molecule has 27 heavy (non-hydrogen) atoms. The largest absolute Gasteiger partial charge is 0.356 e. The van der Waals surface area contributed by atoms with Crippen LogP contribution in [0.4, 0.5) is 0 Å². The molecule has 1 fully saturated rings. The van der Waals surface area contributed by atoms with Gasteiger partial charge in [0, 0.05) is 27.2 Å². The molecule has 1 amide bonds. The van der Waals surface area contributed by atoms with Crippen LogP contribution in [0.25, 0.3) is 0 Å². The number of amides is 1. The average molecular weight is 374 g/mol. The van der Waals surface area contributed by atoms with E-state index in [9.17, 15) is 4.79 Å². The number of guanidine groups is 1. The Bertz CT molecular complexity index is 591. The first-order chi connectivity index (χ1) is 13.1. The molecule has 1 aliphatic rings. The summed E-state index contributed by atoms with van der Waals surface area (Å²) in [5.41, 5.74) is 2.54. The van der Waals surface area contributed by atoms with E-state index in [1.165, 1.54) is 43.5 Å². The van der Waals surface area contributed by atoms with Gasteiger partial charge in [-0.25, -0.2) is 4.99 Å². The molecular weight excluding hydrogens is 338 g/mol. The number of nitrogens with zero attached hydrogens (tertiary/aromatic N) is 3. The van der Waals surface area contributed by atoms with Gasteiger partial charge in [0.15, 0.2) is 5.96 Å². The first kappa shape index (κ1) is 21.2. The molecule has 0 atom stereocenters. The number of carbonyl (C=O) groups is 1. The van der Waals surface area contributed by atoms with Crippen LogP contribution in [0.5, 0.6) is 0 Å². The van der Waals surface area contributed by atoms with Crippen molar-refractivity contribution in [1.82, 2.24) is 20.4 Å². The van der Waals surface area contributed by atoms with Crippen molar-refractivity contribution >= 4 is 11.9 Å². The van der Waals surface area contributed by atoms with Gasteiger partial charge in [0.1, 0.15) is 0 Å². The monoisotopic (exact) mass is 373 g/mol. The predicted octanol–water partition coefficient (Wildman–Crippen LogP) is 2.21. The highest BCUT2D eigenvalue weighted by Crippen LogP contribution is 2.14. The molecule has 0 unspecified atom stereocenters. The molecule has 1 heterocycles. The molecule has 0 aliphatic carbocycles. The number of benzene rings is 1. The van der Waals surface area contributed by atoms with Crippen LogP contribution in [0.2, 0.25) is 0 Å². The maximum absolute atomic E-state index is 11.8. The number of aliphatic imine (C=N–C) groups is 1. The summed E-state index contributed by atoms with van der Waals surface area (Å²) in [5.74, 6) is 0.715. The Morgan fingerprint density at radius 2 is 1.74 bits per heavy atom. The lowest BCUT2D eigenvalue weighted by molar-refractivity contribution is -0.127. The number of piperidine rings is 1. The first-order valence-electron chi connectivity index (χ1n) is 10.1. The number of likely N-dealkylation sites (tertiary alicyclic amines) is 1. The summed E-state index contributed by atoms with van der Waals surface area (Å²) in [6.07, 6.45) is 5.02. The van der Waals surface area contributed by atoms with Gasteiger partial charge >= 0.3 is 0 Å². The maximum Gasteiger partial charge on any atom is 0.241 e. The fraction of sp³-hybridized carbons (Fsp3) is 0.619. The highest BCUT2D eigenvalue weighted by Gasteiger charge is 2.10. The molecule has 6 heteroatoms. The zero-order valence-electron chi connectivity index (χ0n) is 17.1. The third kappa shape index (κ3) is 7.99. The van der Waals surface area contributed by atoms with Crippen molar-refractivity contribution in [3.63, 3.8) is 0 Å². The Kier molecular flexibility index (Phi) is 9.11. The average Bonchev–Trinajstić information content (AvgIpc) is 2.69. The molecule has 150 valence electrons. The lowest BCUT2D eigenvalue weighted by Gasteiger charge is -2.26. The normalized spacial score (nSPS) is 15.4. The molecule has 2 rings (SSSR count). The Morgan fingerprint density at radius 3 is 2.37 bits per heavy atom. The molecule has 1 aromatic carbocycles. The Balaban J connectivity index is 1.88. The Labute approximate surface area is 164 Å². The summed E-state index contributed by atoms with van der Waals surface area (Å²) in [4.78, 5) is 20.5. The van der Waals surface area contributed by atoms with Crippen LogP contribution in [-0.4, -0.2) is 61.9 Å². The number of hydrogen-bond acceptors (Lipinski definition) is 3. The molecule has 0 aromatic heterocycles. The Hall–Kier alpha value is -2.08. The van der Waals surface area contributed by atoms with Crippen molar-refractivity contribution in [2.45, 2.75) is 45.7 Å². The van der Waals surface area contributed by atoms with Crippen LogP contribution < -0.4 is 10.6 Å². The highest BCUT2D eigenvalue weighted by molar-refractivity contribution is 5.86. The van der Waals surface area contributed by atoms with E-state index in [1.54, 1.807) is 19.0 Å². The minimum atomic E-state index is 0.0306. The third-order valence-corrected chi connectivity index (χ3v) is 4.75. The second-order valence-electron chi connectivity index (χ2n) is 7.39. The molecule has 1 saturated heterocycles. The van der Waals surface area contributed by atoms with Gasteiger partial charge < -0.3 is 15.5 Å². The minimum absolute atomic E-state index is 0.0306. The highest BCUT2D eigenvalue weighted by atomic mass is 16.2. The topological polar surface area (TPSA) is 60.0 Å². The van der Waals surface area contributed by atoms with E-state index in [4.69, 9.17) is 0 Å². The molecular formula is C21H35N5O. The molecule has 1 aromatic rings. The van der Waals surface area contributed by atoms with E-state index < -0.39 is 0 Å². The third-order valence-electron chi connectivity index (χ3n) is 4.75. The summed E-state index contributed by atoms with van der Waals surface area (Å²) in [7, 11) is 3.51. The quantitative estimate of drug-likeness (QED) is 0.542. The van der Waals surface area contributed by atoms with E-state index in [0.29, 0.717) is 12.5 Å². The standard InChI is InChI=1S/C21H35N5O/c1-4-12-22-21(24-16-20(27)25(2)3)23-15-18-8-10-19(11-9-18)17-26-13-6-5-7-14-26/h8-11H,4-7,12-17H2,1-3H3,(H2,22,23,24). The zero-order valence-corrected chi connectivity index (χ0v) is 17.1. The van der Waals surface area contributed by atoms with Gasteiger partial charge in [0.25, 0.3) is 0 Å². The van der Waals surface area contributed by atoms with Crippen LogP contribution in [-0.2, 0) is 17.9 Å². The van der Waals surface area contributed by atoms with Gasteiger partial charge in [-0.15, -0.1) is 0 Å². The van der Waals surface area contributed by atoms with Gasteiger partial charge in [0.2, 0.25) is 5.91 Å². The molecule has 2 N–H and O–H groups in total. The van der Waals surface area contributed by atoms with Crippen LogP contribution >= 0.6 is 0 Å². The van der Waals surface area contributed by atoms with Gasteiger partial charge in [-0.1, -0.05) is 37.6 Å². The van der Waals surface area contributed by atoms with E-state index in [-0.39, 0.29) is 12.5 Å². The van der Waals surface area contributed by atoms with E-state index in [1.807, 2.05) is 0 Å². The SMILES string of the molecule is CCCNC(=NCc1ccc(CN2CCCCC2)cc1)NCC(=O)N(C)C. The molecule has 0 saturated carbocycles. The summed E-state index contributed by atoms with van der Waals surface area (Å²) in [6.45, 7) is 7.26. The summed E-state index contributed by atoms with van der Waals surface area (Å²) in [5, 5.41) is 6.37. The van der Waals surface area contributed by atoms with Crippen molar-refractivity contribution in [1.29, 1.82) is 0 Å². The van der Waals surface area contributed by atoms with Crippen molar-refractivity contribution < 1.29 is 4.79 Å². The number of nitrogens with one attached hydrogen (secondary N) is 2. The fourth-order valence-corrected chi connectivity index (χ4v) is 3.03. The molecule has 0 spiro atoms. The van der Waals surface area contributed by atoms with Crippen molar-refractivity contribution in [3.05, 3.63) is 35.4 Å².